The van der Waals surface area contributed by atoms with Gasteiger partial charge in [0, 0.05) is 29.3 Å². The first-order valence-corrected chi connectivity index (χ1v) is 7.29. The summed E-state index contributed by atoms with van der Waals surface area (Å²) in [7, 11) is 0. The highest BCUT2D eigenvalue weighted by Crippen LogP contribution is 2.31. The summed E-state index contributed by atoms with van der Waals surface area (Å²) in [5.41, 5.74) is 4.83. The number of allylic oxidation sites excluding steroid dienone is 1. The zero-order valence-corrected chi connectivity index (χ0v) is 12.4. The first-order chi connectivity index (χ1) is 10.1. The summed E-state index contributed by atoms with van der Waals surface area (Å²) < 4.78 is 0. The number of aromatic amines is 1. The van der Waals surface area contributed by atoms with Gasteiger partial charge in [-0.15, -0.1) is 0 Å². The molecule has 0 spiro atoms. The fourth-order valence-electron chi connectivity index (χ4n) is 2.77. The Bertz CT molecular complexity index is 683. The summed E-state index contributed by atoms with van der Waals surface area (Å²) in [5.74, 6) is -0.948. The van der Waals surface area contributed by atoms with Crippen molar-refractivity contribution in [2.75, 3.05) is 6.61 Å². The van der Waals surface area contributed by atoms with Crippen molar-refractivity contribution in [3.05, 3.63) is 41.1 Å². The molecule has 0 fully saturated rings. The Morgan fingerprint density at radius 1 is 1.33 bits per heavy atom. The maximum absolute atomic E-state index is 11.0. The number of aliphatic carboxylic acids is 1. The highest BCUT2D eigenvalue weighted by Gasteiger charge is 2.16. The average molecular weight is 287 g/mol. The molecule has 4 heteroatoms. The number of nitrogens with one attached hydrogen (secondary N) is 1. The number of aliphatic hydroxyl groups is 1. The summed E-state index contributed by atoms with van der Waals surface area (Å²) >= 11 is 0. The third-order valence-corrected chi connectivity index (χ3v) is 3.77. The molecule has 0 bridgehead atoms. The number of para-hydroxylation sites is 1. The highest BCUT2D eigenvalue weighted by atomic mass is 16.4. The van der Waals surface area contributed by atoms with Crippen molar-refractivity contribution in [3.8, 4) is 0 Å². The molecule has 4 nitrogen and oxygen atoms in total. The molecule has 0 amide bonds. The molecule has 1 aromatic carbocycles. The molecule has 21 heavy (non-hydrogen) atoms. The van der Waals surface area contributed by atoms with Gasteiger partial charge in [0.25, 0.3) is 0 Å². The van der Waals surface area contributed by atoms with Crippen LogP contribution in [0.2, 0.25) is 0 Å². The monoisotopic (exact) mass is 287 g/mol. The number of rotatable bonds is 6. The van der Waals surface area contributed by atoms with Crippen molar-refractivity contribution >= 4 is 22.4 Å². The van der Waals surface area contributed by atoms with Gasteiger partial charge in [-0.25, -0.2) is 4.79 Å². The number of benzene rings is 1. The first-order valence-electron chi connectivity index (χ1n) is 7.29. The second kappa shape index (κ2) is 6.59. The Morgan fingerprint density at radius 2 is 2.10 bits per heavy atom. The van der Waals surface area contributed by atoms with E-state index in [-0.39, 0.29) is 6.61 Å². The quantitative estimate of drug-likeness (QED) is 0.715. The van der Waals surface area contributed by atoms with Gasteiger partial charge in [0.2, 0.25) is 0 Å². The van der Waals surface area contributed by atoms with Gasteiger partial charge in [0.05, 0.1) is 0 Å². The molecule has 1 heterocycles. The second-order valence-corrected chi connectivity index (χ2v) is 5.01. The predicted octanol–water partition coefficient (Wildman–Crippen LogP) is 3.14. The van der Waals surface area contributed by atoms with Crippen LogP contribution in [0.25, 0.3) is 16.5 Å². The van der Waals surface area contributed by atoms with E-state index < -0.39 is 5.97 Å². The molecular formula is C17H21NO3. The van der Waals surface area contributed by atoms with Crippen LogP contribution in [0.4, 0.5) is 0 Å². The molecule has 0 aliphatic carbocycles. The van der Waals surface area contributed by atoms with Gasteiger partial charge in [-0.3, -0.25) is 0 Å². The topological polar surface area (TPSA) is 73.3 Å². The van der Waals surface area contributed by atoms with Crippen LogP contribution in [0.1, 0.15) is 37.1 Å². The highest BCUT2D eigenvalue weighted by molar-refractivity contribution is 5.95. The molecule has 0 atom stereocenters. The van der Waals surface area contributed by atoms with Crippen molar-refractivity contribution < 1.29 is 15.0 Å². The van der Waals surface area contributed by atoms with Gasteiger partial charge < -0.3 is 15.2 Å². The fourth-order valence-corrected chi connectivity index (χ4v) is 2.77. The molecule has 3 N–H and O–H groups in total. The normalized spacial score (nSPS) is 12.0. The minimum atomic E-state index is -0.948. The van der Waals surface area contributed by atoms with Gasteiger partial charge in [0.1, 0.15) is 0 Å². The molecule has 0 aliphatic rings. The fraction of sp³-hybridized carbons (Fsp3) is 0.353. The average Bonchev–Trinajstić information content (AvgIpc) is 2.83. The minimum absolute atomic E-state index is 0.0420. The summed E-state index contributed by atoms with van der Waals surface area (Å²) in [4.78, 5) is 14.4. The Labute approximate surface area is 124 Å². The number of fused-ring (bicyclic) bond motifs is 1. The standard InChI is InChI=1S/C17H21NO3/c1-3-11-6-5-7-13-14(8-9-19)17(18-16(11)13)12(4-2)10-15(20)21/h5-7,10,18-19H,3-4,8-9H2,1-2H3,(H,20,21)/b12-10+. The van der Waals surface area contributed by atoms with Crippen LogP contribution < -0.4 is 0 Å². The van der Waals surface area contributed by atoms with Gasteiger partial charge in [-0.1, -0.05) is 32.0 Å². The van der Waals surface area contributed by atoms with E-state index in [1.165, 1.54) is 11.6 Å². The predicted molar refractivity (Wildman–Crippen MR) is 84.4 cm³/mol. The zero-order chi connectivity index (χ0) is 15.4. The molecular weight excluding hydrogens is 266 g/mol. The van der Waals surface area contributed by atoms with Gasteiger partial charge >= 0.3 is 5.97 Å². The third kappa shape index (κ3) is 3.00. The number of aliphatic hydroxyl groups excluding tert-OH is 1. The van der Waals surface area contributed by atoms with Crippen molar-refractivity contribution in [3.63, 3.8) is 0 Å². The van der Waals surface area contributed by atoms with Gasteiger partial charge in [0.15, 0.2) is 0 Å². The van der Waals surface area contributed by atoms with E-state index in [1.54, 1.807) is 0 Å². The molecule has 0 saturated heterocycles. The Balaban J connectivity index is 2.72. The SMILES string of the molecule is CC/C(=C\C(=O)O)c1[nH]c2c(CC)cccc2c1CCO. The van der Waals surface area contributed by atoms with E-state index >= 15 is 0 Å². The van der Waals surface area contributed by atoms with E-state index in [2.05, 4.69) is 18.0 Å². The lowest BCUT2D eigenvalue weighted by atomic mass is 10.00. The van der Waals surface area contributed by atoms with Crippen LogP contribution in [0.15, 0.2) is 24.3 Å². The van der Waals surface area contributed by atoms with Crippen molar-refractivity contribution in [2.45, 2.75) is 33.1 Å². The van der Waals surface area contributed by atoms with Crippen LogP contribution in [-0.2, 0) is 17.6 Å². The zero-order valence-electron chi connectivity index (χ0n) is 12.4. The molecule has 0 aliphatic heterocycles. The lowest BCUT2D eigenvalue weighted by Crippen LogP contribution is -1.98. The smallest absolute Gasteiger partial charge is 0.328 e. The second-order valence-electron chi connectivity index (χ2n) is 5.01. The number of aromatic nitrogens is 1. The lowest BCUT2D eigenvalue weighted by molar-refractivity contribution is -0.131. The van der Waals surface area contributed by atoms with E-state index in [0.717, 1.165) is 34.2 Å². The number of carboxylic acids is 1. The Morgan fingerprint density at radius 3 is 2.67 bits per heavy atom. The molecule has 0 unspecified atom stereocenters. The van der Waals surface area contributed by atoms with Gasteiger partial charge in [-0.2, -0.15) is 0 Å². The number of hydrogen-bond donors (Lipinski definition) is 3. The molecule has 2 rings (SSSR count). The Hall–Kier alpha value is -2.07. The third-order valence-electron chi connectivity index (χ3n) is 3.77. The van der Waals surface area contributed by atoms with E-state index in [0.29, 0.717) is 12.8 Å². The van der Waals surface area contributed by atoms with E-state index in [9.17, 15) is 9.90 Å². The van der Waals surface area contributed by atoms with Crippen LogP contribution in [-0.4, -0.2) is 27.8 Å². The van der Waals surface area contributed by atoms with Crippen molar-refractivity contribution in [1.29, 1.82) is 0 Å². The number of H-pyrrole nitrogens is 1. The molecule has 0 saturated carbocycles. The molecule has 112 valence electrons. The van der Waals surface area contributed by atoms with Crippen molar-refractivity contribution in [2.24, 2.45) is 0 Å². The van der Waals surface area contributed by atoms with Crippen LogP contribution >= 0.6 is 0 Å². The largest absolute Gasteiger partial charge is 0.478 e. The van der Waals surface area contributed by atoms with Crippen LogP contribution in [0.5, 0.6) is 0 Å². The minimum Gasteiger partial charge on any atom is -0.478 e. The molecule has 0 radical (unpaired) electrons. The molecule has 2 aromatic rings. The van der Waals surface area contributed by atoms with E-state index in [1.807, 2.05) is 19.1 Å². The summed E-state index contributed by atoms with van der Waals surface area (Å²) in [6.07, 6.45) is 3.29. The summed E-state index contributed by atoms with van der Waals surface area (Å²) in [5, 5.41) is 19.4. The van der Waals surface area contributed by atoms with Crippen LogP contribution in [0.3, 0.4) is 0 Å². The maximum Gasteiger partial charge on any atom is 0.328 e. The number of aryl methyl sites for hydroxylation is 1. The summed E-state index contributed by atoms with van der Waals surface area (Å²) in [6, 6.07) is 6.09. The first kappa shape index (κ1) is 15.3. The Kier molecular flexibility index (Phi) is 4.81. The lowest BCUT2D eigenvalue weighted by Gasteiger charge is -2.05. The van der Waals surface area contributed by atoms with Crippen LogP contribution in [0, 0.1) is 0 Å². The number of carbonyl (C=O) groups is 1. The maximum atomic E-state index is 11.0. The number of hydrogen-bond acceptors (Lipinski definition) is 2. The van der Waals surface area contributed by atoms with E-state index in [4.69, 9.17) is 5.11 Å². The summed E-state index contributed by atoms with van der Waals surface area (Å²) in [6.45, 7) is 4.07. The molecule has 1 aromatic heterocycles. The number of carboxylic acid groups (broad SMARTS) is 1. The van der Waals surface area contributed by atoms with Crippen molar-refractivity contribution in [1.82, 2.24) is 4.98 Å². The van der Waals surface area contributed by atoms with Gasteiger partial charge in [-0.05, 0) is 36.0 Å².